The van der Waals surface area contributed by atoms with E-state index in [1.165, 1.54) is 0 Å². The fourth-order valence-corrected chi connectivity index (χ4v) is 1.62. The maximum Gasteiger partial charge on any atom is 0.338 e. The fraction of sp³-hybridized carbons (Fsp3) is 0.333. The first-order chi connectivity index (χ1) is 8.63. The number of benzene rings is 1. The molecule has 1 heterocycles. The molecule has 0 spiro atoms. The number of carbonyl (C=O) groups excluding carboxylic acids is 1. The average Bonchev–Trinajstić information content (AvgIpc) is 2.81. The molecule has 0 bridgehead atoms. The SMILES string of the molecule is CCOC(=O)C(O)C(O)c1nc2ccccc2[nH]1. The summed E-state index contributed by atoms with van der Waals surface area (Å²) in [7, 11) is 0. The lowest BCUT2D eigenvalue weighted by Crippen LogP contribution is -2.30. The molecule has 2 aromatic rings. The third kappa shape index (κ3) is 2.34. The standard InChI is InChI=1S/C12H14N2O4/c1-2-18-12(17)10(16)9(15)11-13-7-5-3-4-6-8(7)14-11/h3-6,9-10,15-16H,2H2,1H3,(H,13,14). The topological polar surface area (TPSA) is 95.4 Å². The monoisotopic (exact) mass is 250 g/mol. The van der Waals surface area contributed by atoms with E-state index in [1.54, 1.807) is 25.1 Å². The number of hydrogen-bond donors (Lipinski definition) is 3. The van der Waals surface area contributed by atoms with Crippen molar-refractivity contribution >= 4 is 17.0 Å². The number of hydrogen-bond acceptors (Lipinski definition) is 5. The normalized spacial score (nSPS) is 14.4. The molecule has 3 N–H and O–H groups in total. The molecule has 6 nitrogen and oxygen atoms in total. The molecule has 6 heteroatoms. The third-order valence-corrected chi connectivity index (χ3v) is 2.52. The minimum absolute atomic E-state index is 0.136. The van der Waals surface area contributed by atoms with Crippen molar-refractivity contribution < 1.29 is 19.7 Å². The molecule has 0 radical (unpaired) electrons. The van der Waals surface area contributed by atoms with Gasteiger partial charge in [0.15, 0.2) is 6.10 Å². The van der Waals surface area contributed by atoms with Gasteiger partial charge in [0.1, 0.15) is 11.9 Å². The molecule has 0 aliphatic rings. The summed E-state index contributed by atoms with van der Waals surface area (Å²) in [6.07, 6.45) is -3.08. The largest absolute Gasteiger partial charge is 0.464 e. The van der Waals surface area contributed by atoms with Crippen LogP contribution >= 0.6 is 0 Å². The van der Waals surface area contributed by atoms with Crippen LogP contribution in [0.2, 0.25) is 0 Å². The quantitative estimate of drug-likeness (QED) is 0.687. The first-order valence-electron chi connectivity index (χ1n) is 5.61. The maximum absolute atomic E-state index is 11.3. The van der Waals surface area contributed by atoms with Gasteiger partial charge in [-0.3, -0.25) is 0 Å². The van der Waals surface area contributed by atoms with Crippen molar-refractivity contribution in [2.45, 2.75) is 19.1 Å². The Morgan fingerprint density at radius 1 is 1.44 bits per heavy atom. The van der Waals surface area contributed by atoms with Gasteiger partial charge in [0.25, 0.3) is 0 Å². The van der Waals surface area contributed by atoms with E-state index in [2.05, 4.69) is 14.7 Å². The van der Waals surface area contributed by atoms with E-state index in [-0.39, 0.29) is 12.4 Å². The lowest BCUT2D eigenvalue weighted by atomic mass is 10.2. The van der Waals surface area contributed by atoms with Crippen LogP contribution in [0.25, 0.3) is 11.0 Å². The number of rotatable bonds is 4. The van der Waals surface area contributed by atoms with Crippen LogP contribution in [0.4, 0.5) is 0 Å². The third-order valence-electron chi connectivity index (χ3n) is 2.52. The van der Waals surface area contributed by atoms with Gasteiger partial charge in [-0.15, -0.1) is 0 Å². The summed E-state index contributed by atoms with van der Waals surface area (Å²) in [4.78, 5) is 18.2. The van der Waals surface area contributed by atoms with Crippen molar-refractivity contribution in [1.29, 1.82) is 0 Å². The zero-order chi connectivity index (χ0) is 13.1. The Balaban J connectivity index is 2.22. The van der Waals surface area contributed by atoms with Gasteiger partial charge in [-0.05, 0) is 19.1 Å². The number of para-hydroxylation sites is 2. The Morgan fingerprint density at radius 2 is 2.17 bits per heavy atom. The predicted molar refractivity (Wildman–Crippen MR) is 63.7 cm³/mol. The van der Waals surface area contributed by atoms with Crippen LogP contribution in [0.5, 0.6) is 0 Å². The van der Waals surface area contributed by atoms with Gasteiger partial charge >= 0.3 is 5.97 Å². The number of aromatic nitrogens is 2. The van der Waals surface area contributed by atoms with E-state index >= 15 is 0 Å². The first-order valence-corrected chi connectivity index (χ1v) is 5.61. The van der Waals surface area contributed by atoms with Gasteiger partial charge in [0.05, 0.1) is 17.6 Å². The summed E-state index contributed by atoms with van der Waals surface area (Å²) in [5.41, 5.74) is 1.38. The number of esters is 1. The molecule has 1 aromatic heterocycles. The van der Waals surface area contributed by atoms with Crippen molar-refractivity contribution in [3.05, 3.63) is 30.1 Å². The molecule has 2 rings (SSSR count). The van der Waals surface area contributed by atoms with Crippen LogP contribution in [0, 0.1) is 0 Å². The average molecular weight is 250 g/mol. The summed E-state index contributed by atoms with van der Waals surface area (Å²) in [6.45, 7) is 1.76. The molecule has 2 unspecified atom stereocenters. The number of carbonyl (C=O) groups is 1. The number of imidazole rings is 1. The Hall–Kier alpha value is -1.92. The van der Waals surface area contributed by atoms with E-state index in [0.29, 0.717) is 5.52 Å². The van der Waals surface area contributed by atoms with Crippen LogP contribution in [0.1, 0.15) is 18.9 Å². The smallest absolute Gasteiger partial charge is 0.338 e. The summed E-state index contributed by atoms with van der Waals surface area (Å²) >= 11 is 0. The molecule has 1 aromatic carbocycles. The number of nitrogens with zero attached hydrogens (tertiary/aromatic N) is 1. The Labute approximate surface area is 103 Å². The number of nitrogens with one attached hydrogen (secondary N) is 1. The summed E-state index contributed by atoms with van der Waals surface area (Å²) in [5, 5.41) is 19.5. The Bertz CT molecular complexity index is 519. The van der Waals surface area contributed by atoms with Crippen molar-refractivity contribution in [1.82, 2.24) is 9.97 Å². The highest BCUT2D eigenvalue weighted by Crippen LogP contribution is 2.19. The van der Waals surface area contributed by atoms with Crippen LogP contribution < -0.4 is 0 Å². The van der Waals surface area contributed by atoms with Crippen molar-refractivity contribution in [3.63, 3.8) is 0 Å². The van der Waals surface area contributed by atoms with Crippen LogP contribution in [0.15, 0.2) is 24.3 Å². The predicted octanol–water partition coefficient (Wildman–Crippen LogP) is 0.520. The fourth-order valence-electron chi connectivity index (χ4n) is 1.62. The number of H-pyrrole nitrogens is 1. The second kappa shape index (κ2) is 5.16. The molecule has 0 amide bonds. The Morgan fingerprint density at radius 3 is 2.83 bits per heavy atom. The minimum Gasteiger partial charge on any atom is -0.464 e. The molecule has 0 saturated heterocycles. The molecule has 0 aliphatic carbocycles. The van der Waals surface area contributed by atoms with Crippen LogP contribution in [-0.2, 0) is 9.53 Å². The maximum atomic E-state index is 11.3. The molecular weight excluding hydrogens is 236 g/mol. The van der Waals surface area contributed by atoms with Gasteiger partial charge in [-0.1, -0.05) is 12.1 Å². The number of aromatic amines is 1. The van der Waals surface area contributed by atoms with E-state index < -0.39 is 18.2 Å². The number of ether oxygens (including phenoxy) is 1. The van der Waals surface area contributed by atoms with Gasteiger partial charge in [0.2, 0.25) is 0 Å². The minimum atomic E-state index is -1.65. The second-order valence-electron chi connectivity index (χ2n) is 3.78. The van der Waals surface area contributed by atoms with Gasteiger partial charge in [0, 0.05) is 0 Å². The molecule has 96 valence electrons. The van der Waals surface area contributed by atoms with Gasteiger partial charge in [-0.25, -0.2) is 9.78 Å². The summed E-state index contributed by atoms with van der Waals surface area (Å²) in [6, 6.07) is 7.17. The first kappa shape index (κ1) is 12.5. The molecular formula is C12H14N2O4. The zero-order valence-electron chi connectivity index (χ0n) is 9.83. The van der Waals surface area contributed by atoms with E-state index in [9.17, 15) is 15.0 Å². The Kier molecular flexibility index (Phi) is 3.59. The molecule has 0 fully saturated rings. The zero-order valence-corrected chi connectivity index (χ0v) is 9.83. The number of aliphatic hydroxyl groups is 2. The van der Waals surface area contributed by atoms with E-state index in [0.717, 1.165) is 5.52 Å². The molecule has 18 heavy (non-hydrogen) atoms. The second-order valence-corrected chi connectivity index (χ2v) is 3.78. The van der Waals surface area contributed by atoms with Crippen LogP contribution in [0.3, 0.4) is 0 Å². The summed E-state index contributed by atoms with van der Waals surface area (Å²) < 4.78 is 4.63. The highest BCUT2D eigenvalue weighted by atomic mass is 16.5. The highest BCUT2D eigenvalue weighted by molar-refractivity contribution is 5.77. The lowest BCUT2D eigenvalue weighted by molar-refractivity contribution is -0.159. The highest BCUT2D eigenvalue weighted by Gasteiger charge is 2.29. The van der Waals surface area contributed by atoms with Crippen LogP contribution in [-0.4, -0.2) is 38.9 Å². The van der Waals surface area contributed by atoms with Crippen molar-refractivity contribution in [3.8, 4) is 0 Å². The van der Waals surface area contributed by atoms with Gasteiger partial charge in [-0.2, -0.15) is 0 Å². The van der Waals surface area contributed by atoms with Crippen molar-refractivity contribution in [2.75, 3.05) is 6.61 Å². The summed E-state index contributed by atoms with van der Waals surface area (Å²) in [5.74, 6) is -0.734. The lowest BCUT2D eigenvalue weighted by Gasteiger charge is -2.13. The number of aliphatic hydroxyl groups excluding tert-OH is 2. The van der Waals surface area contributed by atoms with Gasteiger partial charge < -0.3 is 19.9 Å². The molecule has 2 atom stereocenters. The van der Waals surface area contributed by atoms with E-state index in [1.807, 2.05) is 6.07 Å². The van der Waals surface area contributed by atoms with Crippen molar-refractivity contribution in [2.24, 2.45) is 0 Å². The molecule has 0 saturated carbocycles. The number of fused-ring (bicyclic) bond motifs is 1. The van der Waals surface area contributed by atoms with E-state index in [4.69, 9.17) is 0 Å². The molecule has 0 aliphatic heterocycles.